The Bertz CT molecular complexity index is 479. The molecule has 1 rings (SSSR count). The van der Waals surface area contributed by atoms with Gasteiger partial charge in [-0.05, 0) is 19.1 Å². The van der Waals surface area contributed by atoms with Gasteiger partial charge in [-0.1, -0.05) is 6.07 Å². The van der Waals surface area contributed by atoms with Gasteiger partial charge in [-0.15, -0.1) is 0 Å². The highest BCUT2D eigenvalue weighted by Gasteiger charge is 2.19. The predicted molar refractivity (Wildman–Crippen MR) is 66.7 cm³/mol. The summed E-state index contributed by atoms with van der Waals surface area (Å²) in [5, 5.41) is 19.9. The number of rotatable bonds is 5. The molecule has 0 saturated heterocycles. The highest BCUT2D eigenvalue weighted by Crippen LogP contribution is 2.20. The Labute approximate surface area is 109 Å². The standard InChI is InChI=1S/C12H15FN2O4/c1-2-15(6-7-16)12(19)14-10-8(11(17)18)4-3-5-9(10)13/h3-5,16H,2,6-7H2,1H3,(H,14,19)(H,17,18). The fourth-order valence-corrected chi connectivity index (χ4v) is 1.54. The minimum atomic E-state index is -1.33. The third-order valence-corrected chi connectivity index (χ3v) is 2.51. The van der Waals surface area contributed by atoms with Gasteiger partial charge < -0.3 is 20.4 Å². The zero-order valence-electron chi connectivity index (χ0n) is 10.4. The minimum Gasteiger partial charge on any atom is -0.478 e. The molecule has 6 nitrogen and oxygen atoms in total. The van der Waals surface area contributed by atoms with Crippen LogP contribution in [-0.2, 0) is 0 Å². The van der Waals surface area contributed by atoms with Crippen molar-refractivity contribution in [2.45, 2.75) is 6.92 Å². The van der Waals surface area contributed by atoms with Crippen LogP contribution in [0.5, 0.6) is 0 Å². The molecule has 0 fully saturated rings. The Morgan fingerprint density at radius 1 is 1.42 bits per heavy atom. The van der Waals surface area contributed by atoms with E-state index in [-0.39, 0.29) is 24.4 Å². The number of amides is 2. The molecule has 2 amide bonds. The maximum Gasteiger partial charge on any atom is 0.337 e. The molecule has 0 aliphatic heterocycles. The van der Waals surface area contributed by atoms with E-state index >= 15 is 0 Å². The number of hydrogen-bond acceptors (Lipinski definition) is 3. The molecule has 19 heavy (non-hydrogen) atoms. The average molecular weight is 270 g/mol. The first-order chi connectivity index (χ1) is 9.01. The Morgan fingerprint density at radius 3 is 2.63 bits per heavy atom. The lowest BCUT2D eigenvalue weighted by Crippen LogP contribution is -2.37. The number of nitrogens with one attached hydrogen (secondary N) is 1. The van der Waals surface area contributed by atoms with E-state index in [2.05, 4.69) is 5.32 Å². The zero-order chi connectivity index (χ0) is 14.4. The molecule has 104 valence electrons. The quantitative estimate of drug-likeness (QED) is 0.753. The van der Waals surface area contributed by atoms with E-state index in [4.69, 9.17) is 10.2 Å². The third kappa shape index (κ3) is 3.65. The van der Waals surface area contributed by atoms with Gasteiger partial charge in [0.05, 0.1) is 17.9 Å². The van der Waals surface area contributed by atoms with Gasteiger partial charge in [0, 0.05) is 13.1 Å². The highest BCUT2D eigenvalue weighted by atomic mass is 19.1. The van der Waals surface area contributed by atoms with Crippen LogP contribution in [-0.4, -0.2) is 46.8 Å². The van der Waals surface area contributed by atoms with E-state index < -0.39 is 17.8 Å². The summed E-state index contributed by atoms with van der Waals surface area (Å²) in [4.78, 5) is 24.0. The summed E-state index contributed by atoms with van der Waals surface area (Å²) < 4.78 is 13.6. The smallest absolute Gasteiger partial charge is 0.337 e. The number of nitrogens with zero attached hydrogens (tertiary/aromatic N) is 1. The van der Waals surface area contributed by atoms with Crippen LogP contribution >= 0.6 is 0 Å². The monoisotopic (exact) mass is 270 g/mol. The van der Waals surface area contributed by atoms with Gasteiger partial charge in [0.1, 0.15) is 5.82 Å². The van der Waals surface area contributed by atoms with Crippen LogP contribution in [0.25, 0.3) is 0 Å². The number of carbonyl (C=O) groups excluding carboxylic acids is 1. The Hall–Kier alpha value is -2.15. The predicted octanol–water partition coefficient (Wildman–Crippen LogP) is 1.37. The second-order valence-electron chi connectivity index (χ2n) is 3.70. The van der Waals surface area contributed by atoms with Crippen LogP contribution in [0.4, 0.5) is 14.9 Å². The molecule has 0 atom stereocenters. The second kappa shape index (κ2) is 6.69. The number of carboxylic acid groups (broad SMARTS) is 1. The fraction of sp³-hybridized carbons (Fsp3) is 0.333. The molecule has 0 heterocycles. The molecular formula is C12H15FN2O4. The number of aliphatic hydroxyl groups excluding tert-OH is 1. The maximum absolute atomic E-state index is 13.6. The number of aliphatic hydroxyl groups is 1. The lowest BCUT2D eigenvalue weighted by Gasteiger charge is -2.21. The van der Waals surface area contributed by atoms with E-state index in [1.165, 1.54) is 17.0 Å². The van der Waals surface area contributed by atoms with Crippen molar-refractivity contribution in [3.63, 3.8) is 0 Å². The SMILES string of the molecule is CCN(CCO)C(=O)Nc1c(F)cccc1C(=O)O. The van der Waals surface area contributed by atoms with Gasteiger partial charge in [0.25, 0.3) is 0 Å². The summed E-state index contributed by atoms with van der Waals surface area (Å²) in [6.45, 7) is 1.85. The number of halogens is 1. The first kappa shape index (κ1) is 14.9. The number of aromatic carboxylic acids is 1. The highest BCUT2D eigenvalue weighted by molar-refractivity contribution is 6.00. The van der Waals surface area contributed by atoms with E-state index in [9.17, 15) is 14.0 Å². The number of para-hydroxylation sites is 1. The summed E-state index contributed by atoms with van der Waals surface area (Å²) in [5.41, 5.74) is -0.704. The summed E-state index contributed by atoms with van der Waals surface area (Å²) in [7, 11) is 0. The van der Waals surface area contributed by atoms with Gasteiger partial charge in [-0.25, -0.2) is 14.0 Å². The molecule has 0 aliphatic rings. The Balaban J connectivity index is 2.98. The first-order valence-corrected chi connectivity index (χ1v) is 5.69. The van der Waals surface area contributed by atoms with Gasteiger partial charge in [0.2, 0.25) is 0 Å². The Morgan fingerprint density at radius 2 is 2.11 bits per heavy atom. The molecule has 0 saturated carbocycles. The summed E-state index contributed by atoms with van der Waals surface area (Å²) in [6.07, 6.45) is 0. The average Bonchev–Trinajstić information content (AvgIpc) is 2.37. The number of hydrogen-bond donors (Lipinski definition) is 3. The van der Waals surface area contributed by atoms with Crippen LogP contribution < -0.4 is 5.32 Å². The van der Waals surface area contributed by atoms with E-state index in [0.717, 1.165) is 6.07 Å². The van der Waals surface area contributed by atoms with Crippen molar-refractivity contribution in [1.29, 1.82) is 0 Å². The van der Waals surface area contributed by atoms with Gasteiger partial charge in [-0.3, -0.25) is 0 Å². The largest absolute Gasteiger partial charge is 0.478 e. The van der Waals surface area contributed by atoms with Crippen molar-refractivity contribution < 1.29 is 24.2 Å². The summed E-state index contributed by atoms with van der Waals surface area (Å²) in [6, 6.07) is 2.84. The molecule has 0 aromatic heterocycles. The molecule has 7 heteroatoms. The number of benzene rings is 1. The number of anilines is 1. The molecule has 0 radical (unpaired) electrons. The molecule has 0 spiro atoms. The van der Waals surface area contributed by atoms with Gasteiger partial charge in [0.15, 0.2) is 0 Å². The van der Waals surface area contributed by atoms with Crippen LogP contribution in [0.15, 0.2) is 18.2 Å². The molecular weight excluding hydrogens is 255 g/mol. The van der Waals surface area contributed by atoms with E-state index in [1.54, 1.807) is 6.92 Å². The van der Waals surface area contributed by atoms with E-state index in [1.807, 2.05) is 0 Å². The van der Waals surface area contributed by atoms with Crippen LogP contribution in [0.1, 0.15) is 17.3 Å². The van der Waals surface area contributed by atoms with Crippen molar-refractivity contribution in [1.82, 2.24) is 4.90 Å². The molecule has 0 aliphatic carbocycles. The molecule has 3 N–H and O–H groups in total. The number of likely N-dealkylation sites (N-methyl/N-ethyl adjacent to an activating group) is 1. The van der Waals surface area contributed by atoms with Crippen molar-refractivity contribution >= 4 is 17.7 Å². The lowest BCUT2D eigenvalue weighted by atomic mass is 10.1. The second-order valence-corrected chi connectivity index (χ2v) is 3.70. The maximum atomic E-state index is 13.6. The third-order valence-electron chi connectivity index (χ3n) is 2.51. The molecule has 0 unspecified atom stereocenters. The van der Waals surface area contributed by atoms with Crippen LogP contribution in [0, 0.1) is 5.82 Å². The van der Waals surface area contributed by atoms with Crippen molar-refractivity contribution in [3.05, 3.63) is 29.6 Å². The molecule has 0 bridgehead atoms. The van der Waals surface area contributed by atoms with Crippen molar-refractivity contribution in [2.75, 3.05) is 25.0 Å². The fourth-order valence-electron chi connectivity index (χ4n) is 1.54. The normalized spacial score (nSPS) is 10.1. The van der Waals surface area contributed by atoms with E-state index in [0.29, 0.717) is 6.54 Å². The van der Waals surface area contributed by atoms with Crippen molar-refractivity contribution in [3.8, 4) is 0 Å². The summed E-state index contributed by atoms with van der Waals surface area (Å²) in [5.74, 6) is -2.16. The van der Waals surface area contributed by atoms with Gasteiger partial charge >= 0.3 is 12.0 Å². The van der Waals surface area contributed by atoms with Crippen LogP contribution in [0.2, 0.25) is 0 Å². The Kier molecular flexibility index (Phi) is 5.25. The lowest BCUT2D eigenvalue weighted by molar-refractivity contribution is 0.0697. The van der Waals surface area contributed by atoms with Gasteiger partial charge in [-0.2, -0.15) is 0 Å². The topological polar surface area (TPSA) is 89.9 Å². The van der Waals surface area contributed by atoms with Crippen LogP contribution in [0.3, 0.4) is 0 Å². The summed E-state index contributed by atoms with van der Waals surface area (Å²) >= 11 is 0. The first-order valence-electron chi connectivity index (χ1n) is 5.69. The molecule has 1 aromatic rings. The zero-order valence-corrected chi connectivity index (χ0v) is 10.4. The number of carbonyl (C=O) groups is 2. The minimum absolute atomic E-state index is 0.0825. The molecule has 1 aromatic carbocycles. The number of urea groups is 1. The van der Waals surface area contributed by atoms with Crippen molar-refractivity contribution in [2.24, 2.45) is 0 Å². The number of carboxylic acids is 1.